The first kappa shape index (κ1) is 37.6. The van der Waals surface area contributed by atoms with Gasteiger partial charge in [-0.15, -0.1) is 0 Å². The van der Waals surface area contributed by atoms with Crippen LogP contribution in [-0.4, -0.2) is 4.57 Å². The molecule has 0 aliphatic heterocycles. The van der Waals surface area contributed by atoms with E-state index in [9.17, 15) is 0 Å². The molecule has 2 heteroatoms. The van der Waals surface area contributed by atoms with Gasteiger partial charge in [0.05, 0.1) is 16.4 Å². The first-order chi connectivity index (χ1) is 31.6. The van der Waals surface area contributed by atoms with Crippen molar-refractivity contribution in [1.29, 1.82) is 0 Å². The molecule has 0 fully saturated rings. The second kappa shape index (κ2) is 15.0. The van der Waals surface area contributed by atoms with Crippen LogP contribution in [0.5, 0.6) is 0 Å². The summed E-state index contributed by atoms with van der Waals surface area (Å²) in [6.07, 6.45) is 6.18. The van der Waals surface area contributed by atoms with Crippen LogP contribution < -0.4 is 4.90 Å². The normalized spacial score (nSPS) is 15.0. The van der Waals surface area contributed by atoms with E-state index in [1.54, 1.807) is 0 Å². The molecule has 0 saturated heterocycles. The van der Waals surface area contributed by atoms with E-state index < -0.39 is 5.41 Å². The van der Waals surface area contributed by atoms with Crippen molar-refractivity contribution in [2.45, 2.75) is 12.3 Å². The van der Waals surface area contributed by atoms with E-state index in [4.69, 9.17) is 0 Å². The first-order valence-electron chi connectivity index (χ1n) is 22.1. The van der Waals surface area contributed by atoms with Gasteiger partial charge in [0.2, 0.25) is 0 Å². The molecular weight excluding hydrogens is 773 g/mol. The highest BCUT2D eigenvalue weighted by Crippen LogP contribution is 2.62. The maximum absolute atomic E-state index is 4.02. The average molecular weight is 817 g/mol. The molecule has 2 aliphatic rings. The van der Waals surface area contributed by atoms with E-state index in [0.29, 0.717) is 0 Å². The van der Waals surface area contributed by atoms with Crippen molar-refractivity contribution >= 4 is 44.4 Å². The van der Waals surface area contributed by atoms with Gasteiger partial charge < -0.3 is 9.47 Å². The molecule has 1 heterocycles. The number of nitrogens with zero attached hydrogens (tertiary/aromatic N) is 2. The Morgan fingerprint density at radius 3 is 1.69 bits per heavy atom. The lowest BCUT2D eigenvalue weighted by molar-refractivity contribution is 0.766. The molecule has 0 saturated carbocycles. The SMILES string of the molecule is C=C/C=C\C1=C(C)C2(c3ccccc31)c1ccccc1-c1ccc(N(c3ccc(-c4ccccc4)cc3)c3ccc(-c4ccc5c(c4)c4ccccc4n5-c4ccccc4)cc3)cc12. The van der Waals surface area contributed by atoms with E-state index in [1.807, 2.05) is 6.08 Å². The van der Waals surface area contributed by atoms with Crippen LogP contribution in [0.2, 0.25) is 0 Å². The van der Waals surface area contributed by atoms with Crippen molar-refractivity contribution in [2.24, 2.45) is 0 Å². The Kier molecular flexibility index (Phi) is 8.81. The summed E-state index contributed by atoms with van der Waals surface area (Å²) in [4.78, 5) is 2.42. The highest BCUT2D eigenvalue weighted by Gasteiger charge is 2.51. The Morgan fingerprint density at radius 2 is 0.969 bits per heavy atom. The number of fused-ring (bicyclic) bond motifs is 10. The number of hydrogen-bond acceptors (Lipinski definition) is 1. The molecule has 10 aromatic rings. The number of allylic oxidation sites excluding steroid dienone is 5. The minimum Gasteiger partial charge on any atom is -0.310 e. The maximum Gasteiger partial charge on any atom is 0.0686 e. The fourth-order valence-electron chi connectivity index (χ4n) is 10.8. The number of benzene rings is 9. The van der Waals surface area contributed by atoms with Crippen LogP contribution in [-0.2, 0) is 5.41 Å². The molecule has 1 aromatic heterocycles. The van der Waals surface area contributed by atoms with E-state index in [0.717, 1.165) is 22.7 Å². The van der Waals surface area contributed by atoms with Crippen molar-refractivity contribution in [2.75, 3.05) is 4.90 Å². The van der Waals surface area contributed by atoms with Gasteiger partial charge >= 0.3 is 0 Å². The molecule has 2 nitrogen and oxygen atoms in total. The van der Waals surface area contributed by atoms with Gasteiger partial charge in [-0.3, -0.25) is 0 Å². The highest BCUT2D eigenvalue weighted by atomic mass is 15.1. The second-order valence-corrected chi connectivity index (χ2v) is 16.9. The predicted molar refractivity (Wildman–Crippen MR) is 270 cm³/mol. The van der Waals surface area contributed by atoms with E-state index in [-0.39, 0.29) is 0 Å². The molecule has 0 radical (unpaired) electrons. The first-order valence-corrected chi connectivity index (χ1v) is 22.1. The minimum absolute atomic E-state index is 0.436. The van der Waals surface area contributed by atoms with Crippen LogP contribution in [0.25, 0.3) is 66.4 Å². The van der Waals surface area contributed by atoms with E-state index in [2.05, 4.69) is 254 Å². The summed E-state index contributed by atoms with van der Waals surface area (Å²) in [6, 6.07) is 80.2. The van der Waals surface area contributed by atoms with Gasteiger partial charge in [-0.2, -0.15) is 0 Å². The third kappa shape index (κ3) is 5.66. The van der Waals surface area contributed by atoms with Crippen molar-refractivity contribution < 1.29 is 0 Å². The number of rotatable bonds is 8. The largest absolute Gasteiger partial charge is 0.310 e. The molecule has 302 valence electrons. The molecular formula is C62H44N2. The van der Waals surface area contributed by atoms with Crippen molar-refractivity contribution in [3.05, 3.63) is 271 Å². The van der Waals surface area contributed by atoms with Crippen molar-refractivity contribution in [3.63, 3.8) is 0 Å². The summed E-state index contributed by atoms with van der Waals surface area (Å²) in [5.41, 5.74) is 21.6. The summed E-state index contributed by atoms with van der Waals surface area (Å²) in [5.74, 6) is 0. The zero-order valence-electron chi connectivity index (χ0n) is 35.6. The van der Waals surface area contributed by atoms with Gasteiger partial charge in [0, 0.05) is 33.5 Å². The predicted octanol–water partition coefficient (Wildman–Crippen LogP) is 16.4. The van der Waals surface area contributed by atoms with Gasteiger partial charge in [-0.1, -0.05) is 176 Å². The Labute approximate surface area is 374 Å². The molecule has 1 unspecified atom stereocenters. The lowest BCUT2D eigenvalue weighted by Crippen LogP contribution is -2.26. The van der Waals surface area contributed by atoms with Gasteiger partial charge in [0.25, 0.3) is 0 Å². The van der Waals surface area contributed by atoms with Crippen LogP contribution >= 0.6 is 0 Å². The second-order valence-electron chi connectivity index (χ2n) is 16.9. The number of aromatic nitrogens is 1. The monoisotopic (exact) mass is 816 g/mol. The molecule has 12 rings (SSSR count). The molecule has 0 amide bonds. The van der Waals surface area contributed by atoms with Gasteiger partial charge in [-0.05, 0) is 140 Å². The topological polar surface area (TPSA) is 8.17 Å². The smallest absolute Gasteiger partial charge is 0.0686 e. The summed E-state index contributed by atoms with van der Waals surface area (Å²) < 4.78 is 2.37. The van der Waals surface area contributed by atoms with Gasteiger partial charge in [0.15, 0.2) is 0 Å². The number of para-hydroxylation sites is 2. The van der Waals surface area contributed by atoms with Crippen LogP contribution in [0.4, 0.5) is 17.1 Å². The summed E-state index contributed by atoms with van der Waals surface area (Å²) in [5, 5.41) is 2.50. The van der Waals surface area contributed by atoms with Crippen LogP contribution in [0, 0.1) is 0 Å². The molecule has 0 N–H and O–H groups in total. The summed E-state index contributed by atoms with van der Waals surface area (Å²) >= 11 is 0. The summed E-state index contributed by atoms with van der Waals surface area (Å²) in [7, 11) is 0. The maximum atomic E-state index is 4.02. The van der Waals surface area contributed by atoms with Crippen LogP contribution in [0.3, 0.4) is 0 Å². The van der Waals surface area contributed by atoms with Crippen LogP contribution in [0.15, 0.2) is 249 Å². The Hall–Kier alpha value is -8.20. The zero-order valence-corrected chi connectivity index (χ0v) is 35.6. The third-order valence-electron chi connectivity index (χ3n) is 13.7. The zero-order chi connectivity index (χ0) is 42.8. The molecule has 9 aromatic carbocycles. The van der Waals surface area contributed by atoms with E-state index >= 15 is 0 Å². The molecule has 1 atom stereocenters. The minimum atomic E-state index is -0.436. The van der Waals surface area contributed by atoms with Crippen LogP contribution in [0.1, 0.15) is 29.2 Å². The lowest BCUT2D eigenvalue weighted by Gasteiger charge is -2.33. The fraction of sp³-hybridized carbons (Fsp3) is 0.0323. The molecule has 1 spiro atoms. The Morgan fingerprint density at radius 1 is 0.438 bits per heavy atom. The van der Waals surface area contributed by atoms with Crippen molar-refractivity contribution in [1.82, 2.24) is 4.57 Å². The Bertz CT molecular complexity index is 3500. The van der Waals surface area contributed by atoms with E-state index in [1.165, 1.54) is 88.6 Å². The fourth-order valence-corrected chi connectivity index (χ4v) is 10.8. The Balaban J connectivity index is 1.01. The van der Waals surface area contributed by atoms with Gasteiger partial charge in [0.1, 0.15) is 0 Å². The third-order valence-corrected chi connectivity index (χ3v) is 13.7. The molecule has 2 aliphatic carbocycles. The molecule has 64 heavy (non-hydrogen) atoms. The summed E-state index contributed by atoms with van der Waals surface area (Å²) in [6.45, 7) is 6.35. The highest BCUT2D eigenvalue weighted by molar-refractivity contribution is 6.10. The number of anilines is 3. The molecule has 0 bridgehead atoms. The quantitative estimate of drug-likeness (QED) is 0.139. The lowest BCUT2D eigenvalue weighted by atomic mass is 9.70. The van der Waals surface area contributed by atoms with Gasteiger partial charge in [-0.25, -0.2) is 0 Å². The standard InChI is InChI=1S/C62H44N2/c1-3-4-21-51-42(2)62(57-25-14-11-22-52(51)57)58-26-15-12-23-53(58)54-38-37-50(41-59(54)62)63(48-33-28-44(29-34-48)43-17-7-5-8-18-43)49-35-30-45(31-36-49)46-32-39-61-56(40-46)55-24-13-16-27-60(55)64(61)47-19-9-6-10-20-47/h3-41H,1H2,2H3/b21-4-. The number of hydrogen-bond donors (Lipinski definition) is 0. The van der Waals surface area contributed by atoms with Crippen molar-refractivity contribution in [3.8, 4) is 39.1 Å². The average Bonchev–Trinajstić information content (AvgIpc) is 3.94.